The van der Waals surface area contributed by atoms with Crippen molar-refractivity contribution in [3.63, 3.8) is 0 Å². The number of rotatable bonds is 4. The lowest BCUT2D eigenvalue weighted by molar-refractivity contribution is 0.528. The molecule has 0 amide bonds. The number of nitrogens with one attached hydrogen (secondary N) is 1. The van der Waals surface area contributed by atoms with Crippen molar-refractivity contribution in [1.82, 2.24) is 20.4 Å². The van der Waals surface area contributed by atoms with Crippen molar-refractivity contribution in [3.05, 3.63) is 39.9 Å². The van der Waals surface area contributed by atoms with Gasteiger partial charge in [0.2, 0.25) is 0 Å². The monoisotopic (exact) mass is 291 g/mol. The van der Waals surface area contributed by atoms with Gasteiger partial charge in [-0.15, -0.1) is 11.3 Å². The first-order valence-corrected chi connectivity index (χ1v) is 7.47. The van der Waals surface area contributed by atoms with E-state index in [0.717, 1.165) is 28.5 Å². The van der Waals surface area contributed by atoms with Gasteiger partial charge in [-0.05, 0) is 6.92 Å². The fraction of sp³-hybridized carbons (Fsp3) is 0.500. The Morgan fingerprint density at radius 2 is 2.05 bits per heavy atom. The van der Waals surface area contributed by atoms with E-state index in [2.05, 4.69) is 46.5 Å². The quantitative estimate of drug-likeness (QED) is 0.667. The second kappa shape index (κ2) is 5.95. The zero-order valence-corrected chi connectivity index (χ0v) is 13.2. The van der Waals surface area contributed by atoms with E-state index in [4.69, 9.17) is 5.84 Å². The van der Waals surface area contributed by atoms with Crippen LogP contribution in [-0.4, -0.2) is 15.0 Å². The smallest absolute Gasteiger partial charge is 0.0948 e. The number of nitrogens with two attached hydrogens (primary N) is 1. The number of aromatic nitrogens is 3. The number of hydrogen-bond donors (Lipinski definition) is 2. The van der Waals surface area contributed by atoms with E-state index in [-0.39, 0.29) is 11.5 Å². The molecule has 5 nitrogen and oxygen atoms in total. The Labute approximate surface area is 123 Å². The van der Waals surface area contributed by atoms with Gasteiger partial charge in [-0.1, -0.05) is 20.8 Å². The van der Waals surface area contributed by atoms with E-state index in [0.29, 0.717) is 0 Å². The molecule has 2 heterocycles. The van der Waals surface area contributed by atoms with Crippen LogP contribution in [0.25, 0.3) is 0 Å². The number of aryl methyl sites for hydroxylation is 1. The number of nitrogens with zero attached hydrogens (tertiary/aromatic N) is 3. The standard InChI is InChI=1S/C14H21N5S/c1-9-6-17-11(7-16-9)10(19-15)5-13-18-12(8-20-13)14(2,3)4/h6-8,10,19H,5,15H2,1-4H3. The maximum atomic E-state index is 5.64. The highest BCUT2D eigenvalue weighted by atomic mass is 32.1. The fourth-order valence-electron chi connectivity index (χ4n) is 1.76. The molecule has 0 saturated carbocycles. The van der Waals surface area contributed by atoms with Crippen LogP contribution in [-0.2, 0) is 11.8 Å². The second-order valence-corrected chi connectivity index (χ2v) is 6.83. The van der Waals surface area contributed by atoms with E-state index in [9.17, 15) is 0 Å². The van der Waals surface area contributed by atoms with Crippen molar-refractivity contribution in [3.8, 4) is 0 Å². The number of thiazole rings is 1. The fourth-order valence-corrected chi connectivity index (χ4v) is 2.82. The number of hydrogen-bond acceptors (Lipinski definition) is 6. The first-order valence-electron chi connectivity index (χ1n) is 6.59. The number of hydrazine groups is 1. The van der Waals surface area contributed by atoms with Crippen molar-refractivity contribution in [2.45, 2.75) is 45.6 Å². The van der Waals surface area contributed by atoms with Gasteiger partial charge in [0.05, 0.1) is 34.3 Å². The topological polar surface area (TPSA) is 76.7 Å². The third-order valence-electron chi connectivity index (χ3n) is 3.06. The molecule has 6 heteroatoms. The van der Waals surface area contributed by atoms with Gasteiger partial charge < -0.3 is 0 Å². The predicted molar refractivity (Wildman–Crippen MR) is 81.4 cm³/mol. The first-order chi connectivity index (χ1) is 9.40. The summed E-state index contributed by atoms with van der Waals surface area (Å²) in [6, 6.07) is -0.0675. The Kier molecular flexibility index (Phi) is 4.47. The van der Waals surface area contributed by atoms with Crippen LogP contribution in [0.3, 0.4) is 0 Å². The lowest BCUT2D eigenvalue weighted by atomic mass is 9.93. The molecule has 2 aromatic heterocycles. The van der Waals surface area contributed by atoms with Crippen LogP contribution in [0.5, 0.6) is 0 Å². The summed E-state index contributed by atoms with van der Waals surface area (Å²) in [5.41, 5.74) is 5.72. The van der Waals surface area contributed by atoms with Gasteiger partial charge in [-0.3, -0.25) is 21.2 Å². The van der Waals surface area contributed by atoms with E-state index in [1.165, 1.54) is 0 Å². The molecule has 0 spiro atoms. The van der Waals surface area contributed by atoms with Gasteiger partial charge in [0.15, 0.2) is 0 Å². The minimum absolute atomic E-state index is 0.0675. The highest BCUT2D eigenvalue weighted by Gasteiger charge is 2.20. The van der Waals surface area contributed by atoms with Crippen molar-refractivity contribution in [2.24, 2.45) is 5.84 Å². The lowest BCUT2D eigenvalue weighted by Crippen LogP contribution is -2.30. The normalized spacial score (nSPS) is 13.4. The highest BCUT2D eigenvalue weighted by molar-refractivity contribution is 7.09. The molecule has 0 aliphatic heterocycles. The van der Waals surface area contributed by atoms with Crippen LogP contribution in [0.2, 0.25) is 0 Å². The van der Waals surface area contributed by atoms with Crippen LogP contribution in [0, 0.1) is 6.92 Å². The molecule has 1 unspecified atom stereocenters. The zero-order valence-electron chi connectivity index (χ0n) is 12.3. The summed E-state index contributed by atoms with van der Waals surface area (Å²) in [6.45, 7) is 8.40. The van der Waals surface area contributed by atoms with Crippen molar-refractivity contribution in [2.75, 3.05) is 0 Å². The van der Waals surface area contributed by atoms with Crippen LogP contribution >= 0.6 is 11.3 Å². The molecule has 0 radical (unpaired) electrons. The van der Waals surface area contributed by atoms with E-state index < -0.39 is 0 Å². The molecule has 0 fully saturated rings. The molecular weight excluding hydrogens is 270 g/mol. The van der Waals surface area contributed by atoms with Gasteiger partial charge in [0.1, 0.15) is 0 Å². The summed E-state index contributed by atoms with van der Waals surface area (Å²) in [5.74, 6) is 5.64. The molecular formula is C14H21N5S. The average Bonchev–Trinajstić information content (AvgIpc) is 2.85. The van der Waals surface area contributed by atoms with Gasteiger partial charge in [-0.25, -0.2) is 4.98 Å². The molecule has 108 valence electrons. The molecule has 2 rings (SSSR count). The molecule has 0 aliphatic rings. The summed E-state index contributed by atoms with van der Waals surface area (Å²) in [7, 11) is 0. The van der Waals surface area contributed by atoms with E-state index >= 15 is 0 Å². The summed E-state index contributed by atoms with van der Waals surface area (Å²) in [4.78, 5) is 13.3. The van der Waals surface area contributed by atoms with Crippen LogP contribution < -0.4 is 11.3 Å². The molecule has 1 atom stereocenters. The molecule has 2 aromatic rings. The predicted octanol–water partition coefficient (Wildman–Crippen LogP) is 2.29. The Hall–Kier alpha value is -1.37. The molecule has 0 aromatic carbocycles. The second-order valence-electron chi connectivity index (χ2n) is 5.88. The summed E-state index contributed by atoms with van der Waals surface area (Å²) in [5, 5.41) is 3.17. The Morgan fingerprint density at radius 3 is 2.55 bits per heavy atom. The first kappa shape index (κ1) is 15.0. The van der Waals surface area contributed by atoms with Crippen LogP contribution in [0.4, 0.5) is 0 Å². The maximum Gasteiger partial charge on any atom is 0.0948 e. The van der Waals surface area contributed by atoms with Gasteiger partial charge in [0, 0.05) is 23.4 Å². The minimum atomic E-state index is -0.0675. The van der Waals surface area contributed by atoms with Gasteiger partial charge >= 0.3 is 0 Å². The van der Waals surface area contributed by atoms with Gasteiger partial charge in [0.25, 0.3) is 0 Å². The van der Waals surface area contributed by atoms with Crippen molar-refractivity contribution >= 4 is 11.3 Å². The Balaban J connectivity index is 2.14. The van der Waals surface area contributed by atoms with Crippen molar-refractivity contribution < 1.29 is 0 Å². The van der Waals surface area contributed by atoms with Crippen LogP contribution in [0.15, 0.2) is 17.8 Å². The summed E-state index contributed by atoms with van der Waals surface area (Å²) < 4.78 is 0. The summed E-state index contributed by atoms with van der Waals surface area (Å²) >= 11 is 1.66. The largest absolute Gasteiger partial charge is 0.271 e. The van der Waals surface area contributed by atoms with Crippen LogP contribution in [0.1, 0.15) is 48.9 Å². The zero-order chi connectivity index (χ0) is 14.8. The summed E-state index contributed by atoms with van der Waals surface area (Å²) in [6.07, 6.45) is 4.23. The SMILES string of the molecule is Cc1cnc(C(Cc2nc(C(C)(C)C)cs2)NN)cn1. The van der Waals surface area contributed by atoms with E-state index in [1.54, 1.807) is 23.7 Å². The third-order valence-corrected chi connectivity index (χ3v) is 3.93. The molecule has 0 aliphatic carbocycles. The minimum Gasteiger partial charge on any atom is -0.271 e. The molecule has 3 N–H and O–H groups in total. The lowest BCUT2D eigenvalue weighted by Gasteiger charge is -2.15. The van der Waals surface area contributed by atoms with Crippen molar-refractivity contribution in [1.29, 1.82) is 0 Å². The Bertz CT molecular complexity index is 556. The maximum absolute atomic E-state index is 5.64. The average molecular weight is 291 g/mol. The van der Waals surface area contributed by atoms with E-state index in [1.807, 2.05) is 6.92 Å². The Morgan fingerprint density at radius 1 is 1.30 bits per heavy atom. The molecule has 20 heavy (non-hydrogen) atoms. The highest BCUT2D eigenvalue weighted by Crippen LogP contribution is 2.26. The third kappa shape index (κ3) is 3.59. The molecule has 0 bridgehead atoms. The van der Waals surface area contributed by atoms with Gasteiger partial charge in [-0.2, -0.15) is 0 Å². The molecule has 0 saturated heterocycles.